The molecule has 2 N–H and O–H groups in total. The number of carbonyl (C=O) groups excluding carboxylic acids is 1. The van der Waals surface area contributed by atoms with Crippen molar-refractivity contribution in [2.75, 3.05) is 5.73 Å². The van der Waals surface area contributed by atoms with Crippen molar-refractivity contribution in [3.63, 3.8) is 0 Å². The van der Waals surface area contributed by atoms with Crippen molar-refractivity contribution in [1.82, 2.24) is 10.3 Å². The molecule has 0 bridgehead atoms. The molecule has 0 fully saturated rings. The minimum absolute atomic E-state index is 0.269. The molecule has 0 aliphatic heterocycles. The highest BCUT2D eigenvalue weighted by Gasteiger charge is 2.04. The molecule has 0 amide bonds. The van der Waals surface area contributed by atoms with Crippen LogP contribution in [0.15, 0.2) is 4.63 Å². The summed E-state index contributed by atoms with van der Waals surface area (Å²) in [6.45, 7) is 0. The molecule has 0 saturated carbocycles. The molecular formula is C3H2N3O3-. The van der Waals surface area contributed by atoms with E-state index in [9.17, 15) is 9.90 Å². The zero-order valence-electron chi connectivity index (χ0n) is 4.20. The molecule has 9 heavy (non-hydrogen) atoms. The number of nitrogens with zero attached hydrogens (tertiary/aromatic N) is 2. The van der Waals surface area contributed by atoms with Gasteiger partial charge in [-0.3, -0.25) is 0 Å². The number of rotatable bonds is 1. The Morgan fingerprint density at radius 2 is 2.33 bits per heavy atom. The van der Waals surface area contributed by atoms with Crippen molar-refractivity contribution in [1.29, 1.82) is 0 Å². The summed E-state index contributed by atoms with van der Waals surface area (Å²) in [5.41, 5.74) is 4.49. The van der Waals surface area contributed by atoms with Gasteiger partial charge in [0, 0.05) is 0 Å². The number of hydrogen-bond donors (Lipinski definition) is 1. The highest BCUT2D eigenvalue weighted by Crippen LogP contribution is 2.00. The van der Waals surface area contributed by atoms with E-state index in [-0.39, 0.29) is 5.82 Å². The molecule has 6 heteroatoms. The van der Waals surface area contributed by atoms with Crippen molar-refractivity contribution in [2.45, 2.75) is 0 Å². The van der Waals surface area contributed by atoms with Gasteiger partial charge < -0.3 is 15.6 Å². The Labute approximate surface area is 49.2 Å². The molecule has 0 unspecified atom stereocenters. The first-order valence-electron chi connectivity index (χ1n) is 2.01. The summed E-state index contributed by atoms with van der Waals surface area (Å²) in [5.74, 6) is -1.76. The van der Waals surface area contributed by atoms with Crippen LogP contribution in [0.2, 0.25) is 0 Å². The Balaban J connectivity index is 3.08. The fraction of sp³-hybridized carbons (Fsp3) is 0. The number of carbonyl (C=O) groups is 1. The summed E-state index contributed by atoms with van der Waals surface area (Å²) in [5, 5.41) is 15.9. The standard InChI is InChI=1S/C3H3N3O3/c4-2-1(3(7)8)5-9-6-2/h(H2,4,6)(H,7,8)/p-1. The van der Waals surface area contributed by atoms with E-state index in [4.69, 9.17) is 5.73 Å². The van der Waals surface area contributed by atoms with Crippen LogP contribution < -0.4 is 10.8 Å². The van der Waals surface area contributed by atoms with Crippen molar-refractivity contribution in [3.05, 3.63) is 5.69 Å². The molecule has 48 valence electrons. The molecule has 6 nitrogen and oxygen atoms in total. The summed E-state index contributed by atoms with van der Waals surface area (Å²) in [6.07, 6.45) is 0. The fourth-order valence-electron chi connectivity index (χ4n) is 0.337. The van der Waals surface area contributed by atoms with Gasteiger partial charge in [0.1, 0.15) is 0 Å². The Morgan fingerprint density at radius 3 is 2.56 bits per heavy atom. The van der Waals surface area contributed by atoms with E-state index in [1.165, 1.54) is 0 Å². The Bertz CT molecular complexity index is 230. The van der Waals surface area contributed by atoms with Crippen molar-refractivity contribution in [3.8, 4) is 0 Å². The molecule has 1 heterocycles. The monoisotopic (exact) mass is 128 g/mol. The summed E-state index contributed by atoms with van der Waals surface area (Å²) >= 11 is 0. The van der Waals surface area contributed by atoms with Crippen LogP contribution in [-0.2, 0) is 0 Å². The highest BCUT2D eigenvalue weighted by atomic mass is 16.6. The lowest BCUT2D eigenvalue weighted by atomic mass is 10.4. The molecular weight excluding hydrogens is 126 g/mol. The van der Waals surface area contributed by atoms with Crippen molar-refractivity contribution in [2.24, 2.45) is 0 Å². The minimum Gasteiger partial charge on any atom is -0.543 e. The first-order chi connectivity index (χ1) is 4.22. The number of aromatic nitrogens is 2. The topological polar surface area (TPSA) is 105 Å². The number of nitrogens with two attached hydrogens (primary N) is 1. The average Bonchev–Trinajstić information content (AvgIpc) is 2.13. The summed E-state index contributed by atoms with van der Waals surface area (Å²) in [4.78, 5) is 9.93. The van der Waals surface area contributed by atoms with Gasteiger partial charge in [-0.2, -0.15) is 0 Å². The predicted molar refractivity (Wildman–Crippen MR) is 23.0 cm³/mol. The van der Waals surface area contributed by atoms with Gasteiger partial charge in [0.25, 0.3) is 0 Å². The maximum absolute atomic E-state index is 9.93. The van der Waals surface area contributed by atoms with E-state index in [1.807, 2.05) is 0 Å². The third-order valence-electron chi connectivity index (χ3n) is 0.707. The van der Waals surface area contributed by atoms with Crippen LogP contribution in [0.25, 0.3) is 0 Å². The lowest BCUT2D eigenvalue weighted by molar-refractivity contribution is -0.255. The molecule has 1 aromatic rings. The summed E-state index contributed by atoms with van der Waals surface area (Å²) in [6, 6.07) is 0. The van der Waals surface area contributed by atoms with E-state index < -0.39 is 11.7 Å². The van der Waals surface area contributed by atoms with Crippen LogP contribution in [0.3, 0.4) is 0 Å². The lowest BCUT2D eigenvalue weighted by Crippen LogP contribution is -2.23. The third kappa shape index (κ3) is 0.809. The number of hydrogen-bond acceptors (Lipinski definition) is 6. The second kappa shape index (κ2) is 1.73. The molecule has 0 radical (unpaired) electrons. The van der Waals surface area contributed by atoms with Crippen LogP contribution in [0.5, 0.6) is 0 Å². The van der Waals surface area contributed by atoms with Gasteiger partial charge >= 0.3 is 0 Å². The predicted octanol–water partition coefficient (Wildman–Crippen LogP) is -1.98. The lowest BCUT2D eigenvalue weighted by Gasteiger charge is -1.91. The molecule has 0 saturated heterocycles. The van der Waals surface area contributed by atoms with Gasteiger partial charge in [0.05, 0.1) is 5.97 Å². The quantitative estimate of drug-likeness (QED) is 0.469. The van der Waals surface area contributed by atoms with Gasteiger partial charge in [-0.25, -0.2) is 4.63 Å². The minimum atomic E-state index is -1.49. The second-order valence-corrected chi connectivity index (χ2v) is 1.29. The Kier molecular flexibility index (Phi) is 1.07. The average molecular weight is 128 g/mol. The van der Waals surface area contributed by atoms with E-state index in [0.717, 1.165) is 0 Å². The second-order valence-electron chi connectivity index (χ2n) is 1.29. The smallest absolute Gasteiger partial charge is 0.197 e. The van der Waals surface area contributed by atoms with Crippen molar-refractivity contribution >= 4 is 11.8 Å². The number of carboxylic acids is 1. The molecule has 0 aliphatic carbocycles. The maximum Gasteiger partial charge on any atom is 0.197 e. The van der Waals surface area contributed by atoms with Gasteiger partial charge in [0.15, 0.2) is 11.5 Å². The first-order valence-corrected chi connectivity index (χ1v) is 2.01. The zero-order valence-corrected chi connectivity index (χ0v) is 4.20. The molecule has 0 aromatic carbocycles. The van der Waals surface area contributed by atoms with Crippen LogP contribution in [0.1, 0.15) is 10.5 Å². The zero-order chi connectivity index (χ0) is 6.85. The molecule has 0 spiro atoms. The molecule has 0 aliphatic rings. The number of aromatic carboxylic acids is 1. The number of anilines is 1. The van der Waals surface area contributed by atoms with Gasteiger partial charge in [0.2, 0.25) is 0 Å². The van der Waals surface area contributed by atoms with Crippen LogP contribution in [-0.4, -0.2) is 16.3 Å². The Hall–Kier alpha value is -1.59. The summed E-state index contributed by atoms with van der Waals surface area (Å²) < 4.78 is 3.96. The SMILES string of the molecule is Nc1nonc1C(=O)[O-]. The van der Waals surface area contributed by atoms with Gasteiger partial charge in [-0.15, -0.1) is 0 Å². The third-order valence-corrected chi connectivity index (χ3v) is 0.707. The number of carboxylic acid groups (broad SMARTS) is 1. The molecule has 1 rings (SSSR count). The van der Waals surface area contributed by atoms with E-state index >= 15 is 0 Å². The fourth-order valence-corrected chi connectivity index (χ4v) is 0.337. The van der Waals surface area contributed by atoms with Gasteiger partial charge in [-0.1, -0.05) is 0 Å². The largest absolute Gasteiger partial charge is 0.543 e. The van der Waals surface area contributed by atoms with E-state index in [0.29, 0.717) is 0 Å². The Morgan fingerprint density at radius 1 is 1.67 bits per heavy atom. The van der Waals surface area contributed by atoms with Crippen LogP contribution in [0.4, 0.5) is 5.82 Å². The first kappa shape index (κ1) is 5.54. The maximum atomic E-state index is 9.93. The normalized spacial score (nSPS) is 9.33. The van der Waals surface area contributed by atoms with Crippen molar-refractivity contribution < 1.29 is 14.5 Å². The molecule has 0 atom stereocenters. The summed E-state index contributed by atoms with van der Waals surface area (Å²) in [7, 11) is 0. The highest BCUT2D eigenvalue weighted by molar-refractivity contribution is 5.87. The molecule has 1 aromatic heterocycles. The van der Waals surface area contributed by atoms with Crippen LogP contribution in [0, 0.1) is 0 Å². The van der Waals surface area contributed by atoms with Gasteiger partial charge in [-0.05, 0) is 10.3 Å². The van der Waals surface area contributed by atoms with E-state index in [2.05, 4.69) is 14.9 Å². The van der Waals surface area contributed by atoms with E-state index in [1.54, 1.807) is 0 Å². The number of nitrogen functional groups attached to an aromatic ring is 1. The van der Waals surface area contributed by atoms with Crippen LogP contribution >= 0.6 is 0 Å².